The molecule has 0 bridgehead atoms. The van der Waals surface area contributed by atoms with E-state index in [-0.39, 0.29) is 24.4 Å². The average molecular weight is 580 g/mol. The first-order valence-electron chi connectivity index (χ1n) is 14.1. The average Bonchev–Trinajstić information content (AvgIpc) is 2.95. The van der Waals surface area contributed by atoms with E-state index in [4.69, 9.17) is 9.47 Å². The van der Waals surface area contributed by atoms with E-state index in [1.54, 1.807) is 24.3 Å². The topological polar surface area (TPSA) is 71.1 Å². The number of esters is 1. The Morgan fingerprint density at radius 3 is 2.10 bits per heavy atom. The van der Waals surface area contributed by atoms with Crippen LogP contribution in [0.3, 0.4) is 0 Å². The number of carbonyl (C=O) groups excluding carboxylic acids is 2. The van der Waals surface area contributed by atoms with Crippen molar-refractivity contribution in [2.45, 2.75) is 38.7 Å². The Morgan fingerprint density at radius 1 is 0.902 bits per heavy atom. The number of urea groups is 1. The van der Waals surface area contributed by atoms with Gasteiger partial charge in [-0.25, -0.2) is 9.59 Å². The Bertz CT molecular complexity index is 1190. The zero-order chi connectivity index (χ0) is 28.4. The van der Waals surface area contributed by atoms with Crippen molar-refractivity contribution in [1.82, 2.24) is 9.80 Å². The van der Waals surface area contributed by atoms with Gasteiger partial charge in [0.1, 0.15) is 5.60 Å². The van der Waals surface area contributed by atoms with Gasteiger partial charge in [0.05, 0.1) is 18.8 Å². The highest BCUT2D eigenvalue weighted by molar-refractivity contribution is 5.94. The summed E-state index contributed by atoms with van der Waals surface area (Å²) >= 11 is 0. The highest BCUT2D eigenvalue weighted by atomic mass is 35.5. The molecule has 7 nitrogen and oxygen atoms in total. The van der Waals surface area contributed by atoms with E-state index in [9.17, 15) is 9.59 Å². The third-order valence-electron chi connectivity index (χ3n) is 6.92. The zero-order valence-electron chi connectivity index (χ0n) is 24.3. The van der Waals surface area contributed by atoms with Crippen molar-refractivity contribution in [2.75, 3.05) is 51.3 Å². The summed E-state index contributed by atoms with van der Waals surface area (Å²) in [4.78, 5) is 30.4. The van der Waals surface area contributed by atoms with Crippen molar-refractivity contribution in [1.29, 1.82) is 0 Å². The second-order valence-electron chi connectivity index (χ2n) is 11.1. The van der Waals surface area contributed by atoms with Crippen molar-refractivity contribution >= 4 is 30.1 Å². The Kier molecular flexibility index (Phi) is 12.2. The minimum atomic E-state index is -0.597. The molecule has 0 aliphatic carbocycles. The van der Waals surface area contributed by atoms with Crippen molar-refractivity contribution in [3.05, 3.63) is 102 Å². The minimum Gasteiger partial charge on any atom is -0.456 e. The molecule has 3 aromatic carbocycles. The number of ether oxygens (including phenoxy) is 2. The fourth-order valence-corrected chi connectivity index (χ4v) is 4.85. The summed E-state index contributed by atoms with van der Waals surface area (Å²) in [5.41, 5.74) is 2.83. The fourth-order valence-electron chi connectivity index (χ4n) is 4.85. The van der Waals surface area contributed by atoms with E-state index in [1.807, 2.05) is 37.8 Å². The summed E-state index contributed by atoms with van der Waals surface area (Å²) in [5.74, 6) is -0.252. The summed E-state index contributed by atoms with van der Waals surface area (Å²) < 4.78 is 11.0. The molecular weight excluding hydrogens is 538 g/mol. The largest absolute Gasteiger partial charge is 0.456 e. The maximum Gasteiger partial charge on any atom is 0.338 e. The fraction of sp³-hybridized carbons (Fsp3) is 0.394. The zero-order valence-corrected chi connectivity index (χ0v) is 25.1. The monoisotopic (exact) mass is 579 g/mol. The SMILES string of the molecule is CC(C)(C)OC(=O)c1cccc(NC(=O)N(CCC(c2ccccc2)c2ccccc2)CCN2CCOCC2)c1.Cl. The number of nitrogens with one attached hydrogen (secondary N) is 1. The van der Waals surface area contributed by atoms with E-state index >= 15 is 0 Å². The lowest BCUT2D eigenvalue weighted by molar-refractivity contribution is 0.00694. The van der Waals surface area contributed by atoms with E-state index in [1.165, 1.54) is 11.1 Å². The van der Waals surface area contributed by atoms with Gasteiger partial charge in [0, 0.05) is 44.3 Å². The Morgan fingerprint density at radius 2 is 1.51 bits per heavy atom. The molecule has 4 rings (SSSR count). The maximum atomic E-state index is 13.6. The minimum absolute atomic E-state index is 0. The van der Waals surface area contributed by atoms with Gasteiger partial charge in [-0.05, 0) is 56.5 Å². The van der Waals surface area contributed by atoms with Gasteiger partial charge in [-0.1, -0.05) is 66.7 Å². The number of hydrogen-bond acceptors (Lipinski definition) is 5. The molecular formula is C33H42ClN3O4. The van der Waals surface area contributed by atoms with E-state index in [2.05, 4.69) is 58.7 Å². The number of nitrogens with zero attached hydrogens (tertiary/aromatic N) is 2. The second-order valence-corrected chi connectivity index (χ2v) is 11.1. The molecule has 0 aromatic heterocycles. The molecule has 1 N–H and O–H groups in total. The first-order valence-corrected chi connectivity index (χ1v) is 14.1. The molecule has 1 aliphatic rings. The number of morpholine rings is 1. The van der Waals surface area contributed by atoms with Crippen molar-refractivity contribution in [3.63, 3.8) is 0 Å². The number of hydrogen-bond donors (Lipinski definition) is 1. The van der Waals surface area contributed by atoms with Crippen LogP contribution in [0, 0.1) is 0 Å². The molecule has 0 unspecified atom stereocenters. The molecule has 0 saturated carbocycles. The number of carbonyl (C=O) groups is 2. The van der Waals surface area contributed by atoms with Crippen LogP contribution in [0.1, 0.15) is 54.6 Å². The molecule has 220 valence electrons. The van der Waals surface area contributed by atoms with E-state index < -0.39 is 11.6 Å². The second kappa shape index (κ2) is 15.6. The third kappa shape index (κ3) is 10.2. The number of anilines is 1. The summed E-state index contributed by atoms with van der Waals surface area (Å²) in [7, 11) is 0. The van der Waals surface area contributed by atoms with Gasteiger partial charge < -0.3 is 19.7 Å². The van der Waals surface area contributed by atoms with Crippen molar-refractivity contribution in [2.24, 2.45) is 0 Å². The van der Waals surface area contributed by atoms with Crippen LogP contribution in [0.5, 0.6) is 0 Å². The van der Waals surface area contributed by atoms with Crippen LogP contribution in [-0.2, 0) is 9.47 Å². The van der Waals surface area contributed by atoms with Crippen LogP contribution >= 0.6 is 12.4 Å². The normalized spacial score (nSPS) is 13.8. The van der Waals surface area contributed by atoms with E-state index in [0.717, 1.165) is 26.1 Å². The van der Waals surface area contributed by atoms with Crippen LogP contribution in [-0.4, -0.2) is 73.3 Å². The van der Waals surface area contributed by atoms with Gasteiger partial charge >= 0.3 is 12.0 Å². The quantitative estimate of drug-likeness (QED) is 0.279. The first kappa shape index (κ1) is 32.1. The molecule has 0 atom stereocenters. The first-order chi connectivity index (χ1) is 19.3. The van der Waals surface area contributed by atoms with Gasteiger partial charge in [-0.3, -0.25) is 4.90 Å². The Balaban J connectivity index is 0.00000462. The smallest absolute Gasteiger partial charge is 0.338 e. The summed E-state index contributed by atoms with van der Waals surface area (Å²) in [6.07, 6.45) is 0.780. The van der Waals surface area contributed by atoms with Crippen LogP contribution in [0.2, 0.25) is 0 Å². The maximum absolute atomic E-state index is 13.6. The highest BCUT2D eigenvalue weighted by Gasteiger charge is 2.22. The molecule has 41 heavy (non-hydrogen) atoms. The van der Waals surface area contributed by atoms with Gasteiger partial charge in [0.25, 0.3) is 0 Å². The summed E-state index contributed by atoms with van der Waals surface area (Å²) in [6.45, 7) is 10.6. The number of amides is 2. The predicted octanol–water partition coefficient (Wildman–Crippen LogP) is 6.45. The molecule has 1 heterocycles. The predicted molar refractivity (Wildman–Crippen MR) is 166 cm³/mol. The molecule has 2 amide bonds. The molecule has 8 heteroatoms. The van der Waals surface area contributed by atoms with Gasteiger partial charge in [-0.15, -0.1) is 12.4 Å². The standard InChI is InChI=1S/C33H41N3O4.ClH/c1-33(2,3)40-31(37)28-15-10-16-29(25-28)34-32(38)36(20-19-35-21-23-39-24-22-35)18-17-30(26-11-6-4-7-12-26)27-13-8-5-9-14-27;/h4-16,25,30H,17-24H2,1-3H3,(H,34,38);1H. The molecule has 1 aliphatic heterocycles. The van der Waals surface area contributed by atoms with Crippen LogP contribution in [0.25, 0.3) is 0 Å². The summed E-state index contributed by atoms with van der Waals surface area (Å²) in [6, 6.07) is 27.6. The highest BCUT2D eigenvalue weighted by Crippen LogP contribution is 2.28. The van der Waals surface area contributed by atoms with Crippen LogP contribution in [0.15, 0.2) is 84.9 Å². The van der Waals surface area contributed by atoms with Gasteiger partial charge in [-0.2, -0.15) is 0 Å². The summed E-state index contributed by atoms with van der Waals surface area (Å²) in [5, 5.41) is 3.03. The lowest BCUT2D eigenvalue weighted by Gasteiger charge is -2.31. The van der Waals surface area contributed by atoms with Crippen molar-refractivity contribution in [3.8, 4) is 0 Å². The number of rotatable bonds is 10. The Labute approximate surface area is 250 Å². The van der Waals surface area contributed by atoms with E-state index in [0.29, 0.717) is 37.6 Å². The lowest BCUT2D eigenvalue weighted by atomic mass is 9.88. The number of halogens is 1. The molecule has 1 fully saturated rings. The lowest BCUT2D eigenvalue weighted by Crippen LogP contribution is -2.44. The number of benzene rings is 3. The van der Waals surface area contributed by atoms with Crippen LogP contribution in [0.4, 0.5) is 10.5 Å². The van der Waals surface area contributed by atoms with Gasteiger partial charge in [0.15, 0.2) is 0 Å². The third-order valence-corrected chi connectivity index (χ3v) is 6.92. The van der Waals surface area contributed by atoms with Crippen LogP contribution < -0.4 is 5.32 Å². The molecule has 0 spiro atoms. The van der Waals surface area contributed by atoms with Gasteiger partial charge in [0.2, 0.25) is 0 Å². The Hall–Kier alpha value is -3.39. The molecule has 3 aromatic rings. The molecule has 1 saturated heterocycles. The molecule has 0 radical (unpaired) electrons. The van der Waals surface area contributed by atoms with Crippen molar-refractivity contribution < 1.29 is 19.1 Å².